The molecule has 26 heavy (non-hydrogen) atoms. The monoisotopic (exact) mass is 384 g/mol. The highest BCUT2D eigenvalue weighted by Gasteiger charge is 2.27. The molecule has 0 bridgehead atoms. The van der Waals surface area contributed by atoms with Crippen LogP contribution in [0.1, 0.15) is 0 Å². The van der Waals surface area contributed by atoms with Gasteiger partial charge in [0.05, 0.1) is 12.3 Å². The molecular formula is C17H15F3N2O3S. The molecule has 0 saturated carbocycles. The number of ether oxygens (including phenoxy) is 2. The molecule has 0 spiro atoms. The minimum atomic E-state index is -4.26. The molecule has 3 rings (SSSR count). The van der Waals surface area contributed by atoms with E-state index in [2.05, 4.69) is 10.6 Å². The summed E-state index contributed by atoms with van der Waals surface area (Å²) in [6.45, 7) is 0.0543. The number of fused-ring (bicyclic) bond motifs is 1. The number of carbonyl (C=O) groups is 1. The van der Waals surface area contributed by atoms with Crippen LogP contribution in [0.5, 0.6) is 11.5 Å². The topological polar surface area (TPSA) is 59.6 Å². The van der Waals surface area contributed by atoms with Crippen molar-refractivity contribution < 1.29 is 27.4 Å². The van der Waals surface area contributed by atoms with E-state index in [0.29, 0.717) is 39.5 Å². The lowest BCUT2D eigenvalue weighted by molar-refractivity contribution is -0.114. The van der Waals surface area contributed by atoms with Gasteiger partial charge >= 0.3 is 6.18 Å². The quantitative estimate of drug-likeness (QED) is 0.734. The summed E-state index contributed by atoms with van der Waals surface area (Å²) in [5.41, 5.74) is 1.02. The number of anilines is 2. The molecule has 5 nitrogen and oxygen atoms in total. The molecule has 0 unspecified atom stereocenters. The molecule has 1 heterocycles. The third-order valence-electron chi connectivity index (χ3n) is 3.37. The first-order valence-corrected chi connectivity index (χ1v) is 8.61. The highest BCUT2D eigenvalue weighted by molar-refractivity contribution is 7.99. The zero-order chi connectivity index (χ0) is 18.6. The Balaban J connectivity index is 1.56. The maximum Gasteiger partial charge on any atom is 0.398 e. The fourth-order valence-corrected chi connectivity index (χ4v) is 3.04. The molecule has 9 heteroatoms. The first-order chi connectivity index (χ1) is 12.4. The second-order valence-corrected chi connectivity index (χ2v) is 6.39. The number of nitrogens with one attached hydrogen (secondary N) is 2. The van der Waals surface area contributed by atoms with Gasteiger partial charge in [0.15, 0.2) is 11.5 Å². The largest absolute Gasteiger partial charge is 0.454 e. The van der Waals surface area contributed by atoms with Gasteiger partial charge in [-0.25, -0.2) is 0 Å². The molecule has 2 aromatic rings. The van der Waals surface area contributed by atoms with Gasteiger partial charge in [-0.05, 0) is 24.3 Å². The lowest BCUT2D eigenvalue weighted by Gasteiger charge is -2.13. The van der Waals surface area contributed by atoms with Gasteiger partial charge in [0, 0.05) is 22.3 Å². The van der Waals surface area contributed by atoms with Crippen molar-refractivity contribution in [2.75, 3.05) is 29.7 Å². The van der Waals surface area contributed by atoms with Crippen LogP contribution in [0.2, 0.25) is 0 Å². The van der Waals surface area contributed by atoms with Crippen LogP contribution < -0.4 is 20.1 Å². The molecule has 2 aromatic carbocycles. The molecule has 2 N–H and O–H groups in total. The molecular weight excluding hydrogens is 369 g/mol. The van der Waals surface area contributed by atoms with Gasteiger partial charge in [-0.15, -0.1) is 11.8 Å². The number of hydrogen-bond acceptors (Lipinski definition) is 5. The van der Waals surface area contributed by atoms with Crippen molar-refractivity contribution >= 4 is 29.0 Å². The Morgan fingerprint density at radius 3 is 2.69 bits per heavy atom. The molecule has 0 radical (unpaired) electrons. The SMILES string of the molecule is O=C(CNc1ccccc1SCC(F)(F)F)Nc1ccc2c(c1)OCO2. The van der Waals surface area contributed by atoms with E-state index >= 15 is 0 Å². The van der Waals surface area contributed by atoms with Gasteiger partial charge in [0.1, 0.15) is 0 Å². The third-order valence-corrected chi connectivity index (χ3v) is 4.51. The number of halogens is 3. The predicted octanol–water partition coefficient (Wildman–Crippen LogP) is 4.12. The minimum absolute atomic E-state index is 0.0853. The summed E-state index contributed by atoms with van der Waals surface area (Å²) in [5, 5.41) is 5.56. The van der Waals surface area contributed by atoms with Crippen LogP contribution in [-0.2, 0) is 4.79 Å². The highest BCUT2D eigenvalue weighted by atomic mass is 32.2. The van der Waals surface area contributed by atoms with Crippen molar-refractivity contribution in [3.63, 3.8) is 0 Å². The number of hydrogen-bond donors (Lipinski definition) is 2. The molecule has 0 aliphatic carbocycles. The molecule has 0 aromatic heterocycles. The second kappa shape index (κ2) is 7.77. The summed E-state index contributed by atoms with van der Waals surface area (Å²) in [4.78, 5) is 12.5. The van der Waals surface area contributed by atoms with E-state index in [0.717, 1.165) is 0 Å². The van der Waals surface area contributed by atoms with Crippen molar-refractivity contribution in [3.05, 3.63) is 42.5 Å². The van der Waals surface area contributed by atoms with E-state index in [1.165, 1.54) is 0 Å². The van der Waals surface area contributed by atoms with Gasteiger partial charge < -0.3 is 20.1 Å². The standard InChI is InChI=1S/C17H15F3N2O3S/c18-17(19,20)9-26-15-4-2-1-3-12(15)21-8-16(23)22-11-5-6-13-14(7-11)25-10-24-13/h1-7,21H,8-10H2,(H,22,23). The van der Waals surface area contributed by atoms with Crippen molar-refractivity contribution in [2.45, 2.75) is 11.1 Å². The van der Waals surface area contributed by atoms with Crippen molar-refractivity contribution in [1.29, 1.82) is 0 Å². The lowest BCUT2D eigenvalue weighted by Crippen LogP contribution is -2.22. The van der Waals surface area contributed by atoms with E-state index in [1.54, 1.807) is 42.5 Å². The Morgan fingerprint density at radius 2 is 1.88 bits per heavy atom. The molecule has 0 atom stereocenters. The molecule has 1 aliphatic rings. The van der Waals surface area contributed by atoms with Gasteiger partial charge in [0.25, 0.3) is 0 Å². The van der Waals surface area contributed by atoms with E-state index in [-0.39, 0.29) is 19.2 Å². The number of thioether (sulfide) groups is 1. The number of carbonyl (C=O) groups excluding carboxylic acids is 1. The number of alkyl halides is 3. The van der Waals surface area contributed by atoms with Crippen LogP contribution in [0.4, 0.5) is 24.5 Å². The first-order valence-electron chi connectivity index (χ1n) is 7.63. The summed E-state index contributed by atoms with van der Waals surface area (Å²) in [6, 6.07) is 11.6. The van der Waals surface area contributed by atoms with Crippen LogP contribution in [0.25, 0.3) is 0 Å². The van der Waals surface area contributed by atoms with Gasteiger partial charge in [-0.2, -0.15) is 13.2 Å². The second-order valence-electron chi connectivity index (χ2n) is 5.37. The summed E-state index contributed by atoms with van der Waals surface area (Å²) >= 11 is 0.673. The Kier molecular flexibility index (Phi) is 5.46. The van der Waals surface area contributed by atoms with E-state index in [1.807, 2.05) is 0 Å². The third kappa shape index (κ3) is 4.98. The zero-order valence-corrected chi connectivity index (χ0v) is 14.2. The molecule has 0 saturated heterocycles. The normalized spacial score (nSPS) is 12.7. The number of amides is 1. The van der Waals surface area contributed by atoms with E-state index < -0.39 is 11.9 Å². The zero-order valence-electron chi connectivity index (χ0n) is 13.4. The van der Waals surface area contributed by atoms with E-state index in [9.17, 15) is 18.0 Å². The van der Waals surface area contributed by atoms with Crippen molar-refractivity contribution in [1.82, 2.24) is 0 Å². The average Bonchev–Trinajstić information content (AvgIpc) is 3.06. The van der Waals surface area contributed by atoms with Gasteiger partial charge in [-0.1, -0.05) is 12.1 Å². The summed E-state index contributed by atoms with van der Waals surface area (Å²) < 4.78 is 47.6. The van der Waals surface area contributed by atoms with Gasteiger partial charge in [0.2, 0.25) is 12.7 Å². The Labute approximate surface area is 151 Å². The molecule has 1 amide bonds. The molecule has 0 fully saturated rings. The van der Waals surface area contributed by atoms with Crippen LogP contribution in [-0.4, -0.2) is 31.2 Å². The minimum Gasteiger partial charge on any atom is -0.454 e. The average molecular weight is 384 g/mol. The number of benzene rings is 2. The van der Waals surface area contributed by atoms with Crippen LogP contribution in [0.3, 0.4) is 0 Å². The van der Waals surface area contributed by atoms with E-state index in [4.69, 9.17) is 9.47 Å². The number of para-hydroxylation sites is 1. The highest BCUT2D eigenvalue weighted by Crippen LogP contribution is 2.34. The molecule has 1 aliphatic heterocycles. The Bertz CT molecular complexity index is 799. The fraction of sp³-hybridized carbons (Fsp3) is 0.235. The Hall–Kier alpha value is -2.55. The molecule has 138 valence electrons. The maximum atomic E-state index is 12.4. The lowest BCUT2D eigenvalue weighted by atomic mass is 10.2. The van der Waals surface area contributed by atoms with Crippen LogP contribution >= 0.6 is 11.8 Å². The van der Waals surface area contributed by atoms with Crippen LogP contribution in [0.15, 0.2) is 47.4 Å². The predicted molar refractivity (Wildman–Crippen MR) is 92.9 cm³/mol. The Morgan fingerprint density at radius 1 is 1.12 bits per heavy atom. The summed E-state index contributed by atoms with van der Waals surface area (Å²) in [5.74, 6) is -0.171. The number of rotatable bonds is 6. The van der Waals surface area contributed by atoms with Crippen LogP contribution in [0, 0.1) is 0 Å². The smallest absolute Gasteiger partial charge is 0.398 e. The first kappa shape index (κ1) is 18.2. The van der Waals surface area contributed by atoms with Crippen molar-refractivity contribution in [2.24, 2.45) is 0 Å². The summed E-state index contributed by atoms with van der Waals surface area (Å²) in [6.07, 6.45) is -4.26. The fourth-order valence-electron chi connectivity index (χ4n) is 2.25. The summed E-state index contributed by atoms with van der Waals surface area (Å²) in [7, 11) is 0. The van der Waals surface area contributed by atoms with Crippen molar-refractivity contribution in [3.8, 4) is 11.5 Å². The van der Waals surface area contributed by atoms with Gasteiger partial charge in [-0.3, -0.25) is 4.79 Å². The maximum absolute atomic E-state index is 12.4.